The van der Waals surface area contributed by atoms with Crippen LogP contribution in [-0.4, -0.2) is 24.9 Å². The molecule has 1 unspecified atom stereocenters. The van der Waals surface area contributed by atoms with Gasteiger partial charge in [0.2, 0.25) is 5.88 Å². The minimum absolute atomic E-state index is 0.137. The van der Waals surface area contributed by atoms with Crippen LogP contribution in [0.5, 0.6) is 11.6 Å². The molecule has 0 saturated heterocycles. The van der Waals surface area contributed by atoms with Gasteiger partial charge in [-0.3, -0.25) is 0 Å². The summed E-state index contributed by atoms with van der Waals surface area (Å²) in [7, 11) is 1.43. The summed E-state index contributed by atoms with van der Waals surface area (Å²) in [6.07, 6.45) is -3.62. The van der Waals surface area contributed by atoms with E-state index >= 15 is 0 Å². The topological polar surface area (TPSA) is 31.4 Å². The highest BCUT2D eigenvalue weighted by molar-refractivity contribution is 14.1. The fourth-order valence-electron chi connectivity index (χ4n) is 2.03. The van der Waals surface area contributed by atoms with E-state index in [0.717, 1.165) is 6.07 Å². The molecule has 0 saturated carbocycles. The molecule has 9 heteroatoms. The van der Waals surface area contributed by atoms with Crippen molar-refractivity contribution in [3.8, 4) is 11.6 Å². The van der Waals surface area contributed by atoms with Crippen LogP contribution in [0.3, 0.4) is 0 Å². The molecule has 2 aromatic rings. The number of aromatic nitrogens is 1. The van der Waals surface area contributed by atoms with Gasteiger partial charge in [0.25, 0.3) is 0 Å². The lowest BCUT2D eigenvalue weighted by molar-refractivity contribution is -0.181. The molecule has 1 heterocycles. The first-order chi connectivity index (χ1) is 11.7. The molecule has 0 amide bonds. The molecule has 0 aliphatic rings. The second-order valence-corrected chi connectivity index (χ2v) is 6.73. The molecule has 0 fully saturated rings. The number of alkyl halides is 3. The zero-order chi connectivity index (χ0) is 18.6. The van der Waals surface area contributed by atoms with Crippen LogP contribution in [0.25, 0.3) is 0 Å². The summed E-state index contributed by atoms with van der Waals surface area (Å²) >= 11 is 7.47. The predicted molar refractivity (Wildman–Crippen MR) is 93.7 cm³/mol. The van der Waals surface area contributed by atoms with Crippen molar-refractivity contribution in [2.75, 3.05) is 13.7 Å². The Morgan fingerprint density at radius 1 is 1.28 bits per heavy atom. The number of ether oxygens (including phenoxy) is 2. The Hall–Kier alpha value is -1.29. The van der Waals surface area contributed by atoms with Crippen molar-refractivity contribution in [2.24, 2.45) is 5.92 Å². The first-order valence-electron chi connectivity index (χ1n) is 7.03. The second kappa shape index (κ2) is 8.39. The Balaban J connectivity index is 2.12. The first-order valence-corrected chi connectivity index (χ1v) is 8.49. The number of hydrogen-bond donors (Lipinski definition) is 0. The number of hydrogen-bond acceptors (Lipinski definition) is 3. The second-order valence-electron chi connectivity index (χ2n) is 5.16. The van der Waals surface area contributed by atoms with E-state index < -0.39 is 30.9 Å². The van der Waals surface area contributed by atoms with E-state index in [1.165, 1.54) is 25.4 Å². The Kier molecular flexibility index (Phi) is 6.72. The zero-order valence-electron chi connectivity index (χ0n) is 12.9. The molecule has 1 atom stereocenters. The molecule has 0 N–H and O–H groups in total. The highest BCUT2D eigenvalue weighted by atomic mass is 127. The molecule has 2 rings (SSSR count). The van der Waals surface area contributed by atoms with Crippen molar-refractivity contribution in [2.45, 2.75) is 12.6 Å². The van der Waals surface area contributed by atoms with Crippen molar-refractivity contribution in [3.63, 3.8) is 0 Å². The summed E-state index contributed by atoms with van der Waals surface area (Å²) in [5, 5.41) is -0.137. The molecule has 0 aliphatic heterocycles. The number of benzene rings is 1. The largest absolute Gasteiger partial charge is 0.490 e. The van der Waals surface area contributed by atoms with E-state index in [4.69, 9.17) is 21.1 Å². The summed E-state index contributed by atoms with van der Waals surface area (Å²) in [5.74, 6) is -2.00. The van der Waals surface area contributed by atoms with Gasteiger partial charge in [-0.05, 0) is 46.7 Å². The quantitative estimate of drug-likeness (QED) is 0.408. The van der Waals surface area contributed by atoms with Crippen LogP contribution in [0.4, 0.5) is 17.6 Å². The fourth-order valence-corrected chi connectivity index (χ4v) is 2.71. The van der Waals surface area contributed by atoms with Gasteiger partial charge in [0.05, 0.1) is 27.8 Å². The van der Waals surface area contributed by atoms with Gasteiger partial charge in [0.15, 0.2) is 5.75 Å². The predicted octanol–water partition coefficient (Wildman–Crippen LogP) is 5.29. The summed E-state index contributed by atoms with van der Waals surface area (Å²) in [6, 6.07) is 5.15. The Labute approximate surface area is 160 Å². The lowest BCUT2D eigenvalue weighted by Gasteiger charge is -2.21. The van der Waals surface area contributed by atoms with Gasteiger partial charge in [-0.15, -0.1) is 0 Å². The molecule has 1 aromatic heterocycles. The van der Waals surface area contributed by atoms with E-state index in [1.54, 1.807) is 6.07 Å². The monoisotopic (exact) mass is 489 g/mol. The minimum Gasteiger partial charge on any atom is -0.490 e. The third kappa shape index (κ3) is 5.60. The number of methoxy groups -OCH3 is 1. The smallest absolute Gasteiger partial charge is 0.395 e. The normalized spacial score (nSPS) is 12.8. The van der Waals surface area contributed by atoms with Crippen molar-refractivity contribution in [3.05, 3.63) is 50.4 Å². The molecule has 0 aliphatic carbocycles. The van der Waals surface area contributed by atoms with Gasteiger partial charge in [0.1, 0.15) is 12.4 Å². The summed E-state index contributed by atoms with van der Waals surface area (Å²) in [6.45, 7) is -0.613. The molecule has 0 radical (unpaired) electrons. The summed E-state index contributed by atoms with van der Waals surface area (Å²) in [5.41, 5.74) is 0.190. The maximum Gasteiger partial charge on any atom is 0.395 e. The van der Waals surface area contributed by atoms with E-state index in [-0.39, 0.29) is 16.3 Å². The fraction of sp³-hybridized carbons (Fsp3) is 0.312. The number of halogens is 6. The van der Waals surface area contributed by atoms with Gasteiger partial charge < -0.3 is 9.47 Å². The first kappa shape index (κ1) is 20.0. The van der Waals surface area contributed by atoms with Crippen molar-refractivity contribution >= 4 is 34.2 Å². The Morgan fingerprint density at radius 3 is 2.56 bits per heavy atom. The number of nitrogens with zero attached hydrogens (tertiary/aromatic N) is 1. The molecule has 0 bridgehead atoms. The molecular formula is C16H13ClF4INO2. The van der Waals surface area contributed by atoms with Crippen LogP contribution < -0.4 is 9.47 Å². The maximum absolute atomic E-state index is 13.4. The van der Waals surface area contributed by atoms with Crippen LogP contribution >= 0.6 is 34.2 Å². The number of pyridine rings is 1. The van der Waals surface area contributed by atoms with E-state index in [9.17, 15) is 17.6 Å². The number of rotatable bonds is 6. The van der Waals surface area contributed by atoms with Gasteiger partial charge in [-0.1, -0.05) is 17.7 Å². The van der Waals surface area contributed by atoms with Crippen LogP contribution in [0.2, 0.25) is 5.02 Å². The van der Waals surface area contributed by atoms with Crippen LogP contribution in [-0.2, 0) is 6.42 Å². The van der Waals surface area contributed by atoms with Crippen molar-refractivity contribution in [1.82, 2.24) is 4.98 Å². The van der Waals surface area contributed by atoms with E-state index in [0.29, 0.717) is 9.45 Å². The SMILES string of the molecule is COc1cc(I)c(OCC(Cc2ccc(Cl)c(F)c2)C(F)(F)F)cn1. The van der Waals surface area contributed by atoms with Gasteiger partial charge in [-0.2, -0.15) is 13.2 Å². The van der Waals surface area contributed by atoms with Crippen LogP contribution in [0.15, 0.2) is 30.5 Å². The van der Waals surface area contributed by atoms with Crippen molar-refractivity contribution in [1.29, 1.82) is 0 Å². The summed E-state index contributed by atoms with van der Waals surface area (Å²) in [4.78, 5) is 3.91. The standard InChI is InChI=1S/C16H13ClF4INO2/c1-24-15-6-13(22)14(7-23-15)25-8-10(16(19,20)21)4-9-2-3-11(17)12(18)5-9/h2-3,5-7,10H,4,8H2,1H3. The molecule has 136 valence electrons. The van der Waals surface area contributed by atoms with Crippen molar-refractivity contribution < 1.29 is 27.0 Å². The third-order valence-corrected chi connectivity index (χ3v) is 4.52. The molecule has 1 aromatic carbocycles. The van der Waals surface area contributed by atoms with Gasteiger partial charge >= 0.3 is 6.18 Å². The minimum atomic E-state index is -4.50. The molecule has 0 spiro atoms. The molecular weight excluding hydrogens is 477 g/mol. The van der Waals surface area contributed by atoms with E-state index in [1.807, 2.05) is 22.6 Å². The average molecular weight is 490 g/mol. The Bertz CT molecular complexity index is 743. The lowest BCUT2D eigenvalue weighted by Crippen LogP contribution is -2.30. The highest BCUT2D eigenvalue weighted by Gasteiger charge is 2.40. The Morgan fingerprint density at radius 2 is 2.00 bits per heavy atom. The lowest BCUT2D eigenvalue weighted by atomic mass is 9.99. The van der Waals surface area contributed by atoms with Crippen LogP contribution in [0, 0.1) is 15.3 Å². The zero-order valence-corrected chi connectivity index (χ0v) is 15.8. The van der Waals surface area contributed by atoms with Gasteiger partial charge in [0, 0.05) is 6.07 Å². The maximum atomic E-state index is 13.4. The van der Waals surface area contributed by atoms with E-state index in [2.05, 4.69) is 4.98 Å². The average Bonchev–Trinajstić information content (AvgIpc) is 2.54. The highest BCUT2D eigenvalue weighted by Crippen LogP contribution is 2.32. The molecule has 3 nitrogen and oxygen atoms in total. The van der Waals surface area contributed by atoms with Gasteiger partial charge in [-0.25, -0.2) is 9.37 Å². The summed E-state index contributed by atoms with van der Waals surface area (Å²) < 4.78 is 64.0. The molecule has 25 heavy (non-hydrogen) atoms. The third-order valence-electron chi connectivity index (χ3n) is 3.37. The van der Waals surface area contributed by atoms with Crippen LogP contribution in [0.1, 0.15) is 5.56 Å².